The molecule has 2 aromatic carbocycles. The predicted molar refractivity (Wildman–Crippen MR) is 119 cm³/mol. The molecule has 0 unspecified atom stereocenters. The number of carboxylic acids is 1. The Morgan fingerprint density at radius 1 is 1.10 bits per heavy atom. The largest absolute Gasteiger partial charge is 0.481 e. The lowest BCUT2D eigenvalue weighted by Gasteiger charge is -2.11. The summed E-state index contributed by atoms with van der Waals surface area (Å²) in [5, 5.41) is 20.8. The van der Waals surface area contributed by atoms with Crippen LogP contribution in [0.3, 0.4) is 0 Å². The van der Waals surface area contributed by atoms with Gasteiger partial charge in [-0.2, -0.15) is 4.98 Å². The van der Waals surface area contributed by atoms with Crippen molar-refractivity contribution in [3.63, 3.8) is 0 Å². The van der Waals surface area contributed by atoms with Crippen molar-refractivity contribution in [3.8, 4) is 0 Å². The third-order valence-electron chi connectivity index (χ3n) is 4.08. The maximum Gasteiger partial charge on any atom is 0.307 e. The van der Waals surface area contributed by atoms with Gasteiger partial charge in [-0.25, -0.2) is 4.98 Å². The van der Waals surface area contributed by atoms with E-state index < -0.39 is 5.97 Å². The van der Waals surface area contributed by atoms with Crippen molar-refractivity contribution in [2.75, 3.05) is 17.2 Å². The molecule has 0 bridgehead atoms. The summed E-state index contributed by atoms with van der Waals surface area (Å²) in [5.74, 6) is 0.289. The van der Waals surface area contributed by atoms with E-state index in [-0.39, 0.29) is 6.42 Å². The molecular formula is C20H20BrN5O2S. The second kappa shape index (κ2) is 10.2. The monoisotopic (exact) mass is 473 g/mol. The number of rotatable bonds is 9. The Kier molecular flexibility index (Phi) is 7.45. The van der Waals surface area contributed by atoms with E-state index in [2.05, 4.69) is 48.7 Å². The molecule has 150 valence electrons. The molecule has 0 amide bonds. The molecule has 5 N–H and O–H groups in total. The molecular weight excluding hydrogens is 454 g/mol. The zero-order valence-electron chi connectivity index (χ0n) is 15.4. The average Bonchev–Trinajstić information content (AvgIpc) is 2.72. The molecule has 7 nitrogen and oxygen atoms in total. The maximum atomic E-state index is 10.8. The van der Waals surface area contributed by atoms with E-state index in [1.165, 1.54) is 17.5 Å². The van der Waals surface area contributed by atoms with Gasteiger partial charge in [0.25, 0.3) is 0 Å². The summed E-state index contributed by atoms with van der Waals surface area (Å²) in [7, 11) is 0. The molecule has 0 aliphatic heterocycles. The molecule has 0 radical (unpaired) electrons. The molecule has 0 atom stereocenters. The first kappa shape index (κ1) is 21.1. The zero-order chi connectivity index (χ0) is 20.6. The van der Waals surface area contributed by atoms with Crippen molar-refractivity contribution in [1.82, 2.24) is 9.97 Å². The van der Waals surface area contributed by atoms with Crippen LogP contribution in [0.25, 0.3) is 0 Å². The van der Waals surface area contributed by atoms with Crippen molar-refractivity contribution >= 4 is 51.3 Å². The molecule has 1 heterocycles. The lowest BCUT2D eigenvalue weighted by molar-refractivity contribution is -0.136. The Morgan fingerprint density at radius 3 is 2.45 bits per heavy atom. The van der Waals surface area contributed by atoms with Gasteiger partial charge < -0.3 is 15.7 Å². The molecule has 0 spiro atoms. The van der Waals surface area contributed by atoms with E-state index in [4.69, 9.17) is 10.2 Å². The van der Waals surface area contributed by atoms with E-state index in [9.17, 15) is 4.79 Å². The smallest absolute Gasteiger partial charge is 0.307 e. The number of hydrogen-bond donors (Lipinski definition) is 4. The molecule has 0 saturated carbocycles. The van der Waals surface area contributed by atoms with E-state index in [1.807, 2.05) is 12.1 Å². The van der Waals surface area contributed by atoms with Crippen LogP contribution in [-0.2, 0) is 17.6 Å². The number of nitrogens with two attached hydrogens (primary N) is 1. The Labute approximate surface area is 181 Å². The van der Waals surface area contributed by atoms with E-state index in [0.29, 0.717) is 18.3 Å². The predicted octanol–water partition coefficient (Wildman–Crippen LogP) is 4.23. The van der Waals surface area contributed by atoms with Gasteiger partial charge in [-0.1, -0.05) is 24.3 Å². The highest BCUT2D eigenvalue weighted by atomic mass is 79.9. The summed E-state index contributed by atoms with van der Waals surface area (Å²) >= 11 is 4.70. The lowest BCUT2D eigenvalue weighted by atomic mass is 10.1. The average molecular weight is 474 g/mol. The van der Waals surface area contributed by atoms with Crippen LogP contribution in [0.5, 0.6) is 0 Å². The Hall–Kier alpha value is -2.62. The number of aromatic nitrogens is 2. The number of carboxylic acid groups (broad SMARTS) is 1. The number of benzene rings is 2. The summed E-state index contributed by atoms with van der Waals surface area (Å²) in [6.07, 6.45) is 2.53. The standard InChI is InChI=1S/C20H20BrN5O2S/c21-17-12-24-20(25-15-5-1-14(2-6-15)11-18(27)28)26-19(17)23-10-9-13-3-7-16(29-22)8-4-13/h1-8,12H,9-11,22H2,(H,27,28)(H2,23,24,25,26). The van der Waals surface area contributed by atoms with Gasteiger partial charge in [0.1, 0.15) is 5.82 Å². The number of hydrogen-bond acceptors (Lipinski definition) is 7. The van der Waals surface area contributed by atoms with Gasteiger partial charge in [-0.15, -0.1) is 0 Å². The first-order valence-electron chi connectivity index (χ1n) is 8.83. The molecule has 0 fully saturated rings. The fourth-order valence-electron chi connectivity index (χ4n) is 2.62. The van der Waals surface area contributed by atoms with Gasteiger partial charge in [0.2, 0.25) is 5.95 Å². The highest BCUT2D eigenvalue weighted by Crippen LogP contribution is 2.22. The second-order valence-electron chi connectivity index (χ2n) is 6.22. The van der Waals surface area contributed by atoms with Crippen LogP contribution in [0.4, 0.5) is 17.5 Å². The zero-order valence-corrected chi connectivity index (χ0v) is 17.8. The minimum Gasteiger partial charge on any atom is -0.481 e. The highest BCUT2D eigenvalue weighted by molar-refractivity contribution is 9.10. The van der Waals surface area contributed by atoms with Gasteiger partial charge in [-0.3, -0.25) is 9.93 Å². The summed E-state index contributed by atoms with van der Waals surface area (Å²) < 4.78 is 0.773. The normalized spacial score (nSPS) is 10.6. The van der Waals surface area contributed by atoms with Crippen molar-refractivity contribution in [2.24, 2.45) is 5.14 Å². The topological polar surface area (TPSA) is 113 Å². The molecule has 0 saturated heterocycles. The van der Waals surface area contributed by atoms with Crippen molar-refractivity contribution in [1.29, 1.82) is 0 Å². The molecule has 3 aromatic rings. The first-order valence-corrected chi connectivity index (χ1v) is 10.5. The van der Waals surface area contributed by atoms with Crippen LogP contribution < -0.4 is 15.8 Å². The van der Waals surface area contributed by atoms with Crippen LogP contribution in [0, 0.1) is 0 Å². The molecule has 3 rings (SSSR count). The van der Waals surface area contributed by atoms with E-state index in [1.54, 1.807) is 30.5 Å². The SMILES string of the molecule is NSc1ccc(CCNc2nc(Nc3ccc(CC(=O)O)cc3)ncc2Br)cc1. The number of anilines is 3. The third-order valence-corrected chi connectivity index (χ3v) is 5.20. The lowest BCUT2D eigenvalue weighted by Crippen LogP contribution is -2.08. The van der Waals surface area contributed by atoms with Gasteiger partial charge in [0.15, 0.2) is 0 Å². The number of nitrogens with zero attached hydrogens (tertiary/aromatic N) is 2. The molecule has 9 heteroatoms. The number of carbonyl (C=O) groups is 1. The first-order chi connectivity index (χ1) is 14.0. The van der Waals surface area contributed by atoms with Gasteiger partial charge in [0.05, 0.1) is 10.9 Å². The van der Waals surface area contributed by atoms with E-state index >= 15 is 0 Å². The summed E-state index contributed by atoms with van der Waals surface area (Å²) in [4.78, 5) is 20.6. The van der Waals surface area contributed by atoms with Crippen LogP contribution in [0.15, 0.2) is 64.1 Å². The summed E-state index contributed by atoms with van der Waals surface area (Å²) in [5.41, 5.74) is 2.73. The van der Waals surface area contributed by atoms with Crippen LogP contribution in [0.1, 0.15) is 11.1 Å². The minimum atomic E-state index is -0.855. The fraction of sp³-hybridized carbons (Fsp3) is 0.150. The highest BCUT2D eigenvalue weighted by Gasteiger charge is 2.06. The second-order valence-corrected chi connectivity index (χ2v) is 7.78. The Morgan fingerprint density at radius 2 is 1.79 bits per heavy atom. The van der Waals surface area contributed by atoms with Gasteiger partial charge >= 0.3 is 5.97 Å². The summed E-state index contributed by atoms with van der Waals surface area (Å²) in [6, 6.07) is 15.3. The maximum absolute atomic E-state index is 10.8. The fourth-order valence-corrected chi connectivity index (χ4v) is 3.25. The van der Waals surface area contributed by atoms with Crippen LogP contribution in [0.2, 0.25) is 0 Å². The van der Waals surface area contributed by atoms with Gasteiger partial charge in [0, 0.05) is 23.3 Å². The molecule has 1 aromatic heterocycles. The third kappa shape index (κ3) is 6.45. The quantitative estimate of drug-likeness (QED) is 0.341. The Balaban J connectivity index is 1.59. The van der Waals surface area contributed by atoms with Crippen molar-refractivity contribution in [3.05, 3.63) is 70.3 Å². The summed E-state index contributed by atoms with van der Waals surface area (Å²) in [6.45, 7) is 0.716. The number of nitrogens with one attached hydrogen (secondary N) is 2. The van der Waals surface area contributed by atoms with Crippen molar-refractivity contribution in [2.45, 2.75) is 17.7 Å². The van der Waals surface area contributed by atoms with Crippen molar-refractivity contribution < 1.29 is 9.90 Å². The molecule has 0 aliphatic rings. The van der Waals surface area contributed by atoms with Crippen LogP contribution >= 0.6 is 27.9 Å². The van der Waals surface area contributed by atoms with Crippen LogP contribution in [-0.4, -0.2) is 27.6 Å². The number of halogens is 1. The molecule has 0 aliphatic carbocycles. The Bertz CT molecular complexity index is 968. The number of aliphatic carboxylic acids is 1. The minimum absolute atomic E-state index is 0.00306. The molecule has 29 heavy (non-hydrogen) atoms. The van der Waals surface area contributed by atoms with E-state index in [0.717, 1.165) is 27.0 Å². The van der Waals surface area contributed by atoms with Gasteiger partial charge in [-0.05, 0) is 69.7 Å².